The van der Waals surface area contributed by atoms with Gasteiger partial charge in [-0.3, -0.25) is 9.20 Å². The molecule has 8 nitrogen and oxygen atoms in total. The quantitative estimate of drug-likeness (QED) is 0.425. The molecule has 0 saturated heterocycles. The van der Waals surface area contributed by atoms with Crippen LogP contribution in [-0.2, 0) is 20.7 Å². The van der Waals surface area contributed by atoms with Crippen LogP contribution >= 0.6 is 22.7 Å². The average Bonchev–Trinajstić information content (AvgIpc) is 3.47. The zero-order chi connectivity index (χ0) is 22.8. The Hall–Kier alpha value is -3.50. The van der Waals surface area contributed by atoms with Gasteiger partial charge in [-0.05, 0) is 12.5 Å². The van der Waals surface area contributed by atoms with Gasteiger partial charge in [0, 0.05) is 22.8 Å². The molecule has 0 atom stereocenters. The van der Waals surface area contributed by atoms with Gasteiger partial charge in [0.05, 0.1) is 31.9 Å². The van der Waals surface area contributed by atoms with E-state index in [-0.39, 0.29) is 27.8 Å². The number of imidazole rings is 1. The summed E-state index contributed by atoms with van der Waals surface area (Å²) in [6.45, 7) is 1.61. The van der Waals surface area contributed by atoms with Gasteiger partial charge in [-0.15, -0.1) is 22.7 Å². The largest absolute Gasteiger partial charge is 0.465 e. The molecule has 4 aromatic rings. The number of amides is 1. The van der Waals surface area contributed by atoms with E-state index in [2.05, 4.69) is 10.3 Å². The Morgan fingerprint density at radius 1 is 1.09 bits per heavy atom. The minimum atomic E-state index is -0.635. The van der Waals surface area contributed by atoms with E-state index < -0.39 is 11.9 Å². The van der Waals surface area contributed by atoms with Crippen molar-refractivity contribution in [3.05, 3.63) is 63.6 Å². The molecular weight excluding hydrogens is 450 g/mol. The molecule has 0 aliphatic rings. The second-order valence-electron chi connectivity index (χ2n) is 6.84. The van der Waals surface area contributed by atoms with Crippen molar-refractivity contribution in [3.63, 3.8) is 0 Å². The van der Waals surface area contributed by atoms with Crippen molar-refractivity contribution in [2.45, 2.75) is 13.3 Å². The maximum Gasteiger partial charge on any atom is 0.348 e. The molecule has 0 fully saturated rings. The summed E-state index contributed by atoms with van der Waals surface area (Å²) >= 11 is 2.43. The molecule has 0 spiro atoms. The standard InChI is InChI=1S/C22H19N3O5S2/c1-12-17(20(27)29-2)19(32-18(12)21(28)30-3)24-16(26)9-14-11-31-22-23-15(10-25(14)22)13-7-5-4-6-8-13/h4-8,10-11H,9H2,1-3H3,(H,24,26). The number of aromatic nitrogens is 2. The summed E-state index contributed by atoms with van der Waals surface area (Å²) in [5, 5.41) is 4.87. The Bertz CT molecular complexity index is 1320. The molecule has 0 unspecified atom stereocenters. The molecule has 164 valence electrons. The number of esters is 2. The zero-order valence-corrected chi connectivity index (χ0v) is 19.1. The van der Waals surface area contributed by atoms with Crippen LogP contribution in [0.2, 0.25) is 0 Å². The normalized spacial score (nSPS) is 10.8. The van der Waals surface area contributed by atoms with Crippen LogP contribution in [0.1, 0.15) is 31.3 Å². The molecule has 1 aromatic carbocycles. The van der Waals surface area contributed by atoms with Crippen molar-refractivity contribution in [2.75, 3.05) is 19.5 Å². The van der Waals surface area contributed by atoms with E-state index in [1.807, 2.05) is 46.3 Å². The Kier molecular flexibility index (Phi) is 6.06. The highest BCUT2D eigenvalue weighted by Gasteiger charge is 2.27. The lowest BCUT2D eigenvalue weighted by molar-refractivity contribution is -0.115. The van der Waals surface area contributed by atoms with Gasteiger partial charge in [-0.1, -0.05) is 30.3 Å². The van der Waals surface area contributed by atoms with E-state index in [0.717, 1.165) is 33.2 Å². The summed E-state index contributed by atoms with van der Waals surface area (Å²) in [5.74, 6) is -1.55. The van der Waals surface area contributed by atoms with E-state index in [1.165, 1.54) is 25.6 Å². The third kappa shape index (κ3) is 4.02. The second kappa shape index (κ2) is 8.93. The SMILES string of the molecule is COC(=O)c1sc(NC(=O)Cc2csc3nc(-c4ccccc4)cn23)c(C(=O)OC)c1C. The molecule has 0 radical (unpaired) electrons. The second-order valence-corrected chi connectivity index (χ2v) is 8.70. The first-order valence-electron chi connectivity index (χ1n) is 9.53. The summed E-state index contributed by atoms with van der Waals surface area (Å²) < 4.78 is 11.5. The highest BCUT2D eigenvalue weighted by atomic mass is 32.1. The van der Waals surface area contributed by atoms with Gasteiger partial charge in [0.1, 0.15) is 9.88 Å². The minimum Gasteiger partial charge on any atom is -0.465 e. The van der Waals surface area contributed by atoms with E-state index in [9.17, 15) is 14.4 Å². The number of benzene rings is 1. The van der Waals surface area contributed by atoms with Crippen molar-refractivity contribution < 1.29 is 23.9 Å². The molecular formula is C22H19N3O5S2. The number of fused-ring (bicyclic) bond motifs is 1. The lowest BCUT2D eigenvalue weighted by Crippen LogP contribution is -2.17. The van der Waals surface area contributed by atoms with Crippen molar-refractivity contribution in [2.24, 2.45) is 0 Å². The summed E-state index contributed by atoms with van der Waals surface area (Å²) in [5.41, 5.74) is 3.13. The summed E-state index contributed by atoms with van der Waals surface area (Å²) in [7, 11) is 2.50. The van der Waals surface area contributed by atoms with Crippen molar-refractivity contribution >= 4 is 50.5 Å². The van der Waals surface area contributed by atoms with Gasteiger partial charge in [0.2, 0.25) is 5.91 Å². The van der Waals surface area contributed by atoms with Crippen LogP contribution in [0.3, 0.4) is 0 Å². The van der Waals surface area contributed by atoms with Crippen LogP contribution in [0.4, 0.5) is 5.00 Å². The molecule has 1 amide bonds. The van der Waals surface area contributed by atoms with E-state index >= 15 is 0 Å². The number of carbonyl (C=O) groups is 3. The van der Waals surface area contributed by atoms with Gasteiger partial charge >= 0.3 is 11.9 Å². The molecule has 32 heavy (non-hydrogen) atoms. The first-order valence-corrected chi connectivity index (χ1v) is 11.2. The summed E-state index contributed by atoms with van der Waals surface area (Å²) in [6, 6.07) is 9.79. The van der Waals surface area contributed by atoms with Crippen LogP contribution in [-0.4, -0.2) is 41.5 Å². The maximum absolute atomic E-state index is 12.8. The molecule has 1 N–H and O–H groups in total. The molecule has 0 aliphatic heterocycles. The molecule has 0 saturated carbocycles. The van der Waals surface area contributed by atoms with Crippen molar-refractivity contribution in [3.8, 4) is 11.3 Å². The Morgan fingerprint density at radius 3 is 2.50 bits per heavy atom. The molecule has 10 heteroatoms. The minimum absolute atomic E-state index is 0.0652. The van der Waals surface area contributed by atoms with Gasteiger partial charge < -0.3 is 14.8 Å². The van der Waals surface area contributed by atoms with Crippen LogP contribution in [0, 0.1) is 6.92 Å². The number of ether oxygens (including phenoxy) is 2. The number of thiophene rings is 1. The first-order chi connectivity index (χ1) is 15.4. The third-order valence-electron chi connectivity index (χ3n) is 4.85. The highest BCUT2D eigenvalue weighted by Crippen LogP contribution is 2.34. The molecule has 3 heterocycles. The monoisotopic (exact) mass is 469 g/mol. The van der Waals surface area contributed by atoms with E-state index in [1.54, 1.807) is 6.92 Å². The lowest BCUT2D eigenvalue weighted by atomic mass is 10.1. The molecule has 0 aliphatic carbocycles. The van der Waals surface area contributed by atoms with Crippen molar-refractivity contribution in [1.82, 2.24) is 9.38 Å². The van der Waals surface area contributed by atoms with Gasteiger partial charge in [0.25, 0.3) is 0 Å². The van der Waals surface area contributed by atoms with Gasteiger partial charge in [0.15, 0.2) is 4.96 Å². The zero-order valence-electron chi connectivity index (χ0n) is 17.5. The van der Waals surface area contributed by atoms with Gasteiger partial charge in [-0.25, -0.2) is 14.6 Å². The Balaban J connectivity index is 1.59. The molecule has 3 aromatic heterocycles. The Labute approximate surface area is 191 Å². The molecule has 0 bridgehead atoms. The number of anilines is 1. The predicted octanol–water partition coefficient (Wildman–Crippen LogP) is 4.19. The van der Waals surface area contributed by atoms with E-state index in [0.29, 0.717) is 5.56 Å². The topological polar surface area (TPSA) is 99.0 Å². The maximum atomic E-state index is 12.8. The number of thiazole rings is 1. The van der Waals surface area contributed by atoms with Crippen molar-refractivity contribution in [1.29, 1.82) is 0 Å². The smallest absolute Gasteiger partial charge is 0.348 e. The first kappa shape index (κ1) is 21.7. The fourth-order valence-corrected chi connectivity index (χ4v) is 5.28. The lowest BCUT2D eigenvalue weighted by Gasteiger charge is -2.06. The van der Waals surface area contributed by atoms with Crippen LogP contribution in [0.5, 0.6) is 0 Å². The Morgan fingerprint density at radius 2 is 1.81 bits per heavy atom. The number of nitrogens with zero attached hydrogens (tertiary/aromatic N) is 2. The van der Waals surface area contributed by atoms with E-state index in [4.69, 9.17) is 9.47 Å². The third-order valence-corrected chi connectivity index (χ3v) is 6.93. The summed E-state index contributed by atoms with van der Waals surface area (Å²) in [6.07, 6.45) is 1.96. The predicted molar refractivity (Wildman–Crippen MR) is 123 cm³/mol. The average molecular weight is 470 g/mol. The number of nitrogens with one attached hydrogen (secondary N) is 1. The molecule has 4 rings (SSSR count). The van der Waals surface area contributed by atoms with Crippen LogP contribution in [0.15, 0.2) is 41.9 Å². The van der Waals surface area contributed by atoms with Crippen LogP contribution < -0.4 is 5.32 Å². The number of hydrogen-bond acceptors (Lipinski definition) is 8. The van der Waals surface area contributed by atoms with Gasteiger partial charge in [-0.2, -0.15) is 0 Å². The number of carbonyl (C=O) groups excluding carboxylic acids is 3. The number of rotatable bonds is 6. The fourth-order valence-electron chi connectivity index (χ4n) is 3.28. The number of hydrogen-bond donors (Lipinski definition) is 1. The summed E-state index contributed by atoms with van der Waals surface area (Å²) in [4.78, 5) is 42.8. The fraction of sp³-hybridized carbons (Fsp3) is 0.182. The number of methoxy groups -OCH3 is 2. The highest BCUT2D eigenvalue weighted by molar-refractivity contribution is 7.18. The van der Waals surface area contributed by atoms with Crippen LogP contribution in [0.25, 0.3) is 16.2 Å².